The van der Waals surface area contributed by atoms with Crippen LogP contribution in [0, 0.1) is 0 Å². The zero-order valence-electron chi connectivity index (χ0n) is 6.67. The monoisotopic (exact) mass is 166 g/mol. The van der Waals surface area contributed by atoms with E-state index in [4.69, 9.17) is 0 Å². The maximum Gasteiger partial charge on any atom is 0.108 e. The van der Waals surface area contributed by atoms with Gasteiger partial charge in [0.2, 0.25) is 0 Å². The molecular formula is C6H10N6. The van der Waals surface area contributed by atoms with Crippen molar-refractivity contribution in [1.29, 1.82) is 0 Å². The summed E-state index contributed by atoms with van der Waals surface area (Å²) in [4.78, 5) is 8.01. The van der Waals surface area contributed by atoms with E-state index in [9.17, 15) is 0 Å². The summed E-state index contributed by atoms with van der Waals surface area (Å²) in [5, 5.41) is 11.3. The first kappa shape index (κ1) is 7.20. The van der Waals surface area contributed by atoms with Crippen LogP contribution in [0.2, 0.25) is 0 Å². The maximum atomic E-state index is 4.01. The van der Waals surface area contributed by atoms with E-state index >= 15 is 0 Å². The number of hydrogen-bond acceptors (Lipinski definition) is 4. The third-order valence-electron chi connectivity index (χ3n) is 1.62. The molecule has 0 aromatic carbocycles. The molecule has 0 amide bonds. The summed E-state index contributed by atoms with van der Waals surface area (Å²) in [7, 11) is 0. The second kappa shape index (κ2) is 3.29. The summed E-state index contributed by atoms with van der Waals surface area (Å²) in [5.41, 5.74) is 0. The fourth-order valence-electron chi connectivity index (χ4n) is 0.978. The normalized spacial score (nSPS) is 22.0. The van der Waals surface area contributed by atoms with Gasteiger partial charge in [0.1, 0.15) is 12.7 Å². The second-order valence-electron chi connectivity index (χ2n) is 2.55. The lowest BCUT2D eigenvalue weighted by Crippen LogP contribution is -2.16. The van der Waals surface area contributed by atoms with E-state index in [1.54, 1.807) is 22.7 Å². The first-order valence-corrected chi connectivity index (χ1v) is 3.90. The van der Waals surface area contributed by atoms with Crippen LogP contribution in [0.15, 0.2) is 20.4 Å². The fourth-order valence-corrected chi connectivity index (χ4v) is 0.978. The molecule has 6 heteroatoms. The SMILES string of the molecule is C1=NCCN1N=NN1C=NCC1. The van der Waals surface area contributed by atoms with Crippen LogP contribution in [0.5, 0.6) is 0 Å². The van der Waals surface area contributed by atoms with Crippen molar-refractivity contribution in [1.82, 2.24) is 10.0 Å². The highest BCUT2D eigenvalue weighted by molar-refractivity contribution is 5.57. The number of nitrogens with zero attached hydrogens (tertiary/aromatic N) is 6. The molecule has 0 aromatic rings. The van der Waals surface area contributed by atoms with Gasteiger partial charge in [-0.05, 0) is 10.4 Å². The third kappa shape index (κ3) is 1.58. The molecule has 0 radical (unpaired) electrons. The Morgan fingerprint density at radius 2 is 1.42 bits per heavy atom. The van der Waals surface area contributed by atoms with Crippen molar-refractivity contribution in [3.8, 4) is 0 Å². The molecule has 0 unspecified atom stereocenters. The summed E-state index contributed by atoms with van der Waals surface area (Å²) >= 11 is 0. The van der Waals surface area contributed by atoms with Crippen molar-refractivity contribution >= 4 is 12.7 Å². The summed E-state index contributed by atoms with van der Waals surface area (Å²) in [6.45, 7) is 3.28. The van der Waals surface area contributed by atoms with Crippen LogP contribution in [0.4, 0.5) is 0 Å². The highest BCUT2D eigenvalue weighted by Crippen LogP contribution is 1.98. The van der Waals surface area contributed by atoms with Gasteiger partial charge in [0, 0.05) is 0 Å². The van der Waals surface area contributed by atoms with Crippen molar-refractivity contribution in [2.24, 2.45) is 20.4 Å². The van der Waals surface area contributed by atoms with Crippen molar-refractivity contribution in [2.45, 2.75) is 0 Å². The van der Waals surface area contributed by atoms with Gasteiger partial charge in [-0.1, -0.05) is 0 Å². The predicted octanol–water partition coefficient (Wildman–Crippen LogP) is -0.0436. The summed E-state index contributed by atoms with van der Waals surface area (Å²) < 4.78 is 0. The molecular weight excluding hydrogens is 156 g/mol. The molecule has 0 atom stereocenters. The molecule has 0 aromatic heterocycles. The predicted molar refractivity (Wildman–Crippen MR) is 45.0 cm³/mol. The molecule has 12 heavy (non-hydrogen) atoms. The molecule has 64 valence electrons. The molecule has 6 nitrogen and oxygen atoms in total. The van der Waals surface area contributed by atoms with Crippen LogP contribution < -0.4 is 0 Å². The van der Waals surface area contributed by atoms with Crippen molar-refractivity contribution in [3.05, 3.63) is 0 Å². The quantitative estimate of drug-likeness (QED) is 0.540. The fraction of sp³-hybridized carbons (Fsp3) is 0.667. The van der Waals surface area contributed by atoms with Gasteiger partial charge < -0.3 is 0 Å². The van der Waals surface area contributed by atoms with Gasteiger partial charge in [-0.3, -0.25) is 9.98 Å². The van der Waals surface area contributed by atoms with Crippen LogP contribution in [0.25, 0.3) is 0 Å². The summed E-state index contributed by atoms with van der Waals surface area (Å²) in [6, 6.07) is 0. The Hall–Kier alpha value is -1.46. The van der Waals surface area contributed by atoms with E-state index in [1.807, 2.05) is 0 Å². The number of rotatable bonds is 2. The minimum atomic E-state index is 0.813. The van der Waals surface area contributed by atoms with Crippen molar-refractivity contribution in [3.63, 3.8) is 0 Å². The molecule has 2 aliphatic heterocycles. The van der Waals surface area contributed by atoms with Crippen LogP contribution in [-0.4, -0.2) is 48.9 Å². The van der Waals surface area contributed by atoms with Gasteiger partial charge in [-0.2, -0.15) is 0 Å². The van der Waals surface area contributed by atoms with E-state index in [0.29, 0.717) is 0 Å². The molecule has 0 aliphatic carbocycles. The molecule has 2 aliphatic rings. The average molecular weight is 166 g/mol. The lowest BCUT2D eigenvalue weighted by molar-refractivity contribution is 0.372. The number of aliphatic imine (C=N–C) groups is 2. The topological polar surface area (TPSA) is 55.9 Å². The molecule has 0 N–H and O–H groups in total. The molecule has 0 saturated carbocycles. The van der Waals surface area contributed by atoms with Gasteiger partial charge in [0.25, 0.3) is 0 Å². The van der Waals surface area contributed by atoms with Gasteiger partial charge in [0.05, 0.1) is 26.2 Å². The Balaban J connectivity index is 1.84. The Bertz CT molecular complexity index is 208. The second-order valence-corrected chi connectivity index (χ2v) is 2.55. The standard InChI is InChI=1S/C6H10N6/c1-3-11(5-7-1)9-10-12-4-2-8-6-12/h5-6H,1-4H2. The molecule has 0 fully saturated rings. The minimum Gasteiger partial charge on any atom is -0.272 e. The zero-order valence-corrected chi connectivity index (χ0v) is 6.67. The summed E-state index contributed by atoms with van der Waals surface area (Å²) in [6.07, 6.45) is 3.38. The third-order valence-corrected chi connectivity index (χ3v) is 1.62. The van der Waals surface area contributed by atoms with Crippen LogP contribution in [0.3, 0.4) is 0 Å². The minimum absolute atomic E-state index is 0.813. The van der Waals surface area contributed by atoms with Crippen LogP contribution in [0.1, 0.15) is 0 Å². The molecule has 0 spiro atoms. The first-order chi connectivity index (χ1) is 5.95. The highest BCUT2D eigenvalue weighted by Gasteiger charge is 2.05. The summed E-state index contributed by atoms with van der Waals surface area (Å²) in [5.74, 6) is 0. The van der Waals surface area contributed by atoms with Gasteiger partial charge >= 0.3 is 0 Å². The average Bonchev–Trinajstić information content (AvgIpc) is 2.74. The first-order valence-electron chi connectivity index (χ1n) is 3.90. The van der Waals surface area contributed by atoms with Gasteiger partial charge in [-0.25, -0.2) is 10.0 Å². The highest BCUT2D eigenvalue weighted by atomic mass is 15.7. The smallest absolute Gasteiger partial charge is 0.108 e. The van der Waals surface area contributed by atoms with E-state index in [2.05, 4.69) is 20.4 Å². The van der Waals surface area contributed by atoms with E-state index in [1.165, 1.54) is 0 Å². The number of hydrogen-bond donors (Lipinski definition) is 0. The van der Waals surface area contributed by atoms with Crippen molar-refractivity contribution in [2.75, 3.05) is 26.2 Å². The van der Waals surface area contributed by atoms with Gasteiger partial charge in [0.15, 0.2) is 0 Å². The van der Waals surface area contributed by atoms with E-state index in [-0.39, 0.29) is 0 Å². The Labute approximate surface area is 70.2 Å². The molecule has 0 saturated heterocycles. The Kier molecular flexibility index (Phi) is 1.98. The largest absolute Gasteiger partial charge is 0.272 e. The molecule has 2 rings (SSSR count). The zero-order chi connectivity index (χ0) is 8.23. The maximum absolute atomic E-state index is 4.01. The van der Waals surface area contributed by atoms with Gasteiger partial charge in [-0.15, -0.1) is 0 Å². The lowest BCUT2D eigenvalue weighted by Gasteiger charge is -2.06. The molecule has 2 heterocycles. The van der Waals surface area contributed by atoms with Crippen molar-refractivity contribution < 1.29 is 0 Å². The van der Waals surface area contributed by atoms with Crippen LogP contribution >= 0.6 is 0 Å². The lowest BCUT2D eigenvalue weighted by atomic mass is 10.7. The van der Waals surface area contributed by atoms with E-state index < -0.39 is 0 Å². The molecule has 0 bridgehead atoms. The van der Waals surface area contributed by atoms with Crippen LogP contribution in [-0.2, 0) is 0 Å². The van der Waals surface area contributed by atoms with E-state index in [0.717, 1.165) is 26.2 Å². The Morgan fingerprint density at radius 1 is 0.917 bits per heavy atom. The Morgan fingerprint density at radius 3 is 1.75 bits per heavy atom.